The fourth-order valence-electron chi connectivity index (χ4n) is 1.45. The Hall–Kier alpha value is -1.29. The first-order valence-corrected chi connectivity index (χ1v) is 5.89. The van der Waals surface area contributed by atoms with Crippen LogP contribution in [0.3, 0.4) is 0 Å². The quantitative estimate of drug-likeness (QED) is 0.861. The topological polar surface area (TPSA) is 27.1 Å². The molecule has 0 saturated heterocycles. The number of hydrogen-bond donors (Lipinski definition) is 0. The van der Waals surface area contributed by atoms with Gasteiger partial charge in [-0.2, -0.15) is 0 Å². The van der Waals surface area contributed by atoms with Gasteiger partial charge in [-0.1, -0.05) is 22.0 Å². The standard InChI is InChI=1S/C12H13BrN2O/c1-15-7-6-14-12(15)5-8-16-11-4-2-3-10(13)9-11/h2-4,6-7,9H,5,8H2,1H3. The molecule has 0 aliphatic heterocycles. The lowest BCUT2D eigenvalue weighted by Gasteiger charge is -2.06. The number of aryl methyl sites for hydroxylation is 1. The minimum absolute atomic E-state index is 0.640. The summed E-state index contributed by atoms with van der Waals surface area (Å²) >= 11 is 3.41. The van der Waals surface area contributed by atoms with Gasteiger partial charge in [-0.3, -0.25) is 0 Å². The van der Waals surface area contributed by atoms with Crippen LogP contribution in [0, 0.1) is 0 Å². The molecule has 2 aromatic rings. The van der Waals surface area contributed by atoms with Gasteiger partial charge < -0.3 is 9.30 Å². The van der Waals surface area contributed by atoms with Gasteiger partial charge in [0.15, 0.2) is 0 Å². The van der Waals surface area contributed by atoms with E-state index in [9.17, 15) is 0 Å². The van der Waals surface area contributed by atoms with E-state index in [4.69, 9.17) is 4.74 Å². The highest BCUT2D eigenvalue weighted by atomic mass is 79.9. The Morgan fingerprint density at radius 1 is 1.44 bits per heavy atom. The fraction of sp³-hybridized carbons (Fsp3) is 0.250. The summed E-state index contributed by atoms with van der Waals surface area (Å²) in [6.45, 7) is 0.640. The second-order valence-electron chi connectivity index (χ2n) is 3.51. The molecule has 16 heavy (non-hydrogen) atoms. The summed E-state index contributed by atoms with van der Waals surface area (Å²) in [7, 11) is 1.99. The van der Waals surface area contributed by atoms with E-state index in [0.717, 1.165) is 22.5 Å². The van der Waals surface area contributed by atoms with Crippen LogP contribution in [0.4, 0.5) is 0 Å². The maximum Gasteiger partial charge on any atom is 0.120 e. The summed E-state index contributed by atoms with van der Waals surface area (Å²) in [5.74, 6) is 1.92. The van der Waals surface area contributed by atoms with Crippen molar-refractivity contribution in [2.24, 2.45) is 7.05 Å². The third kappa shape index (κ3) is 2.85. The lowest BCUT2D eigenvalue weighted by molar-refractivity contribution is 0.317. The van der Waals surface area contributed by atoms with Crippen molar-refractivity contribution >= 4 is 15.9 Å². The number of ether oxygens (including phenoxy) is 1. The first-order chi connectivity index (χ1) is 7.75. The maximum atomic E-state index is 5.63. The summed E-state index contributed by atoms with van der Waals surface area (Å²) in [4.78, 5) is 4.24. The molecule has 0 aliphatic carbocycles. The van der Waals surface area contributed by atoms with Crippen molar-refractivity contribution in [3.63, 3.8) is 0 Å². The van der Waals surface area contributed by atoms with Crippen LogP contribution in [-0.2, 0) is 13.5 Å². The van der Waals surface area contributed by atoms with Gasteiger partial charge in [0.05, 0.1) is 6.61 Å². The molecule has 0 amide bonds. The van der Waals surface area contributed by atoms with E-state index in [1.54, 1.807) is 6.20 Å². The van der Waals surface area contributed by atoms with Crippen LogP contribution in [0.15, 0.2) is 41.1 Å². The average molecular weight is 281 g/mol. The van der Waals surface area contributed by atoms with Gasteiger partial charge in [-0.25, -0.2) is 4.98 Å². The molecule has 3 nitrogen and oxygen atoms in total. The van der Waals surface area contributed by atoms with Gasteiger partial charge in [0, 0.05) is 30.3 Å². The van der Waals surface area contributed by atoms with E-state index in [2.05, 4.69) is 20.9 Å². The molecule has 0 bridgehead atoms. The number of imidazole rings is 1. The summed E-state index contributed by atoms with van der Waals surface area (Å²) in [5, 5.41) is 0. The lowest BCUT2D eigenvalue weighted by Crippen LogP contribution is -2.06. The molecule has 0 N–H and O–H groups in total. The minimum Gasteiger partial charge on any atom is -0.493 e. The van der Waals surface area contributed by atoms with E-state index < -0.39 is 0 Å². The first kappa shape index (κ1) is 11.2. The molecule has 0 fully saturated rings. The third-order valence-corrected chi connectivity index (χ3v) is 2.80. The molecule has 0 spiro atoms. The van der Waals surface area contributed by atoms with E-state index in [1.807, 2.05) is 42.1 Å². The number of halogens is 1. The molecule has 84 valence electrons. The van der Waals surface area contributed by atoms with Gasteiger partial charge in [-0.05, 0) is 18.2 Å². The SMILES string of the molecule is Cn1ccnc1CCOc1cccc(Br)c1. The largest absolute Gasteiger partial charge is 0.493 e. The van der Waals surface area contributed by atoms with Crippen molar-refractivity contribution in [3.8, 4) is 5.75 Å². The Labute approximate surface area is 103 Å². The second kappa shape index (κ2) is 5.16. The lowest BCUT2D eigenvalue weighted by atomic mass is 10.3. The third-order valence-electron chi connectivity index (χ3n) is 2.31. The number of aromatic nitrogens is 2. The zero-order chi connectivity index (χ0) is 11.4. The summed E-state index contributed by atoms with van der Waals surface area (Å²) in [5.41, 5.74) is 0. The van der Waals surface area contributed by atoms with Crippen LogP contribution < -0.4 is 4.74 Å². The Kier molecular flexibility index (Phi) is 3.62. The van der Waals surface area contributed by atoms with Crippen LogP contribution in [-0.4, -0.2) is 16.2 Å². The molecule has 4 heteroatoms. The van der Waals surface area contributed by atoms with Crippen molar-refractivity contribution in [2.75, 3.05) is 6.61 Å². The zero-order valence-corrected chi connectivity index (χ0v) is 10.6. The molecule has 2 rings (SSSR count). The van der Waals surface area contributed by atoms with E-state index in [1.165, 1.54) is 0 Å². The average Bonchev–Trinajstić information content (AvgIpc) is 2.65. The molecule has 1 aromatic heterocycles. The van der Waals surface area contributed by atoms with Crippen molar-refractivity contribution in [1.82, 2.24) is 9.55 Å². The molecular formula is C12H13BrN2O. The van der Waals surface area contributed by atoms with Gasteiger partial charge in [0.25, 0.3) is 0 Å². The predicted octanol–water partition coefficient (Wildman–Crippen LogP) is 2.80. The highest BCUT2D eigenvalue weighted by Crippen LogP contribution is 2.17. The Morgan fingerprint density at radius 2 is 2.31 bits per heavy atom. The molecule has 0 radical (unpaired) electrons. The molecule has 0 atom stereocenters. The summed E-state index contributed by atoms with van der Waals surface area (Å²) in [6, 6.07) is 7.84. The van der Waals surface area contributed by atoms with Crippen LogP contribution in [0.5, 0.6) is 5.75 Å². The molecule has 1 aromatic carbocycles. The van der Waals surface area contributed by atoms with Crippen LogP contribution in [0.1, 0.15) is 5.82 Å². The molecule has 0 saturated carbocycles. The zero-order valence-electron chi connectivity index (χ0n) is 9.06. The summed E-state index contributed by atoms with van der Waals surface area (Å²) in [6.07, 6.45) is 4.55. The second-order valence-corrected chi connectivity index (χ2v) is 4.43. The molecule has 0 unspecified atom stereocenters. The number of benzene rings is 1. The highest BCUT2D eigenvalue weighted by Gasteiger charge is 2.00. The normalized spacial score (nSPS) is 10.4. The number of rotatable bonds is 4. The van der Waals surface area contributed by atoms with Crippen LogP contribution >= 0.6 is 15.9 Å². The van der Waals surface area contributed by atoms with Gasteiger partial charge in [-0.15, -0.1) is 0 Å². The minimum atomic E-state index is 0.640. The van der Waals surface area contributed by atoms with Gasteiger partial charge in [0.2, 0.25) is 0 Å². The van der Waals surface area contributed by atoms with Crippen LogP contribution in [0.2, 0.25) is 0 Å². The van der Waals surface area contributed by atoms with Gasteiger partial charge in [0.1, 0.15) is 11.6 Å². The van der Waals surface area contributed by atoms with Crippen molar-refractivity contribution in [1.29, 1.82) is 0 Å². The predicted molar refractivity (Wildman–Crippen MR) is 66.5 cm³/mol. The Morgan fingerprint density at radius 3 is 3.00 bits per heavy atom. The molecular weight excluding hydrogens is 268 g/mol. The van der Waals surface area contributed by atoms with Crippen molar-refractivity contribution in [2.45, 2.75) is 6.42 Å². The number of nitrogens with zero attached hydrogens (tertiary/aromatic N) is 2. The van der Waals surface area contributed by atoms with Gasteiger partial charge >= 0.3 is 0 Å². The highest BCUT2D eigenvalue weighted by molar-refractivity contribution is 9.10. The van der Waals surface area contributed by atoms with Crippen LogP contribution in [0.25, 0.3) is 0 Å². The molecule has 0 aliphatic rings. The smallest absolute Gasteiger partial charge is 0.120 e. The first-order valence-electron chi connectivity index (χ1n) is 5.10. The fourth-order valence-corrected chi connectivity index (χ4v) is 1.83. The van der Waals surface area contributed by atoms with E-state index >= 15 is 0 Å². The van der Waals surface area contributed by atoms with E-state index in [-0.39, 0.29) is 0 Å². The van der Waals surface area contributed by atoms with E-state index in [0.29, 0.717) is 6.61 Å². The van der Waals surface area contributed by atoms with Crippen molar-refractivity contribution in [3.05, 3.63) is 47.0 Å². The van der Waals surface area contributed by atoms with Crippen molar-refractivity contribution < 1.29 is 4.74 Å². The Bertz CT molecular complexity index is 468. The Balaban J connectivity index is 1.87. The maximum absolute atomic E-state index is 5.63. The number of hydrogen-bond acceptors (Lipinski definition) is 2. The summed E-state index contributed by atoms with van der Waals surface area (Å²) < 4.78 is 8.67. The molecule has 1 heterocycles. The monoisotopic (exact) mass is 280 g/mol.